The number of hydrogen-bond acceptors (Lipinski definition) is 4. The lowest BCUT2D eigenvalue weighted by Gasteiger charge is -2.15. The summed E-state index contributed by atoms with van der Waals surface area (Å²) in [6.45, 7) is 1.91. The molecule has 0 saturated heterocycles. The van der Waals surface area contributed by atoms with E-state index in [1.807, 2.05) is 30.6 Å². The van der Waals surface area contributed by atoms with Gasteiger partial charge in [-0.2, -0.15) is 0 Å². The first-order chi connectivity index (χ1) is 15.2. The Morgan fingerprint density at radius 3 is 2.74 bits per heavy atom. The first-order valence-electron chi connectivity index (χ1n) is 10.4. The normalized spacial score (nSPS) is 12.8. The summed E-state index contributed by atoms with van der Waals surface area (Å²) in [5, 5.41) is 18.3. The number of hydrogen-bond donors (Lipinski definition) is 3. The summed E-state index contributed by atoms with van der Waals surface area (Å²) in [5.41, 5.74) is 1.25. The van der Waals surface area contributed by atoms with Crippen molar-refractivity contribution in [3.8, 4) is 0 Å². The Balaban J connectivity index is 1.26. The van der Waals surface area contributed by atoms with Crippen molar-refractivity contribution >= 4 is 27.4 Å². The minimum atomic E-state index is -0.583. The number of aromatic nitrogens is 2. The molecule has 0 aliphatic rings. The second-order valence-electron chi connectivity index (χ2n) is 7.29. The fourth-order valence-electron chi connectivity index (χ4n) is 3.47. The number of rotatable bonds is 8. The molecule has 3 N–H and O–H groups in total. The smallest absolute Gasteiger partial charge is 0.191 e. The Morgan fingerprint density at radius 1 is 1.13 bits per heavy atom. The van der Waals surface area contributed by atoms with Crippen molar-refractivity contribution in [2.45, 2.75) is 19.1 Å². The van der Waals surface area contributed by atoms with E-state index < -0.39 is 6.10 Å². The van der Waals surface area contributed by atoms with Gasteiger partial charge < -0.3 is 20.3 Å². The van der Waals surface area contributed by atoms with Crippen LogP contribution in [0.25, 0.3) is 10.1 Å². The van der Waals surface area contributed by atoms with Gasteiger partial charge in [-0.3, -0.25) is 4.99 Å². The molecule has 160 valence electrons. The predicted octanol–water partition coefficient (Wildman–Crippen LogP) is 3.59. The topological polar surface area (TPSA) is 74.5 Å². The molecule has 0 radical (unpaired) electrons. The van der Waals surface area contributed by atoms with Crippen molar-refractivity contribution in [2.75, 3.05) is 20.1 Å². The van der Waals surface area contributed by atoms with Crippen molar-refractivity contribution < 1.29 is 5.11 Å². The van der Waals surface area contributed by atoms with Gasteiger partial charge in [-0.25, -0.2) is 4.98 Å². The van der Waals surface area contributed by atoms with Gasteiger partial charge >= 0.3 is 0 Å². The summed E-state index contributed by atoms with van der Waals surface area (Å²) in [5.74, 6) is 1.69. The fraction of sp³-hybridized carbons (Fsp3) is 0.250. The van der Waals surface area contributed by atoms with E-state index in [0.29, 0.717) is 19.0 Å². The monoisotopic (exact) mass is 433 g/mol. The maximum absolute atomic E-state index is 10.6. The van der Waals surface area contributed by atoms with Crippen LogP contribution in [0.15, 0.2) is 78.0 Å². The lowest BCUT2D eigenvalue weighted by molar-refractivity contribution is 0.184. The number of nitrogens with one attached hydrogen (secondary N) is 2. The van der Waals surface area contributed by atoms with Gasteiger partial charge in [-0.1, -0.05) is 48.5 Å². The highest BCUT2D eigenvalue weighted by molar-refractivity contribution is 7.19. The van der Waals surface area contributed by atoms with Crippen molar-refractivity contribution in [3.05, 3.63) is 89.3 Å². The predicted molar refractivity (Wildman–Crippen MR) is 128 cm³/mol. The van der Waals surface area contributed by atoms with Gasteiger partial charge in [0.1, 0.15) is 11.9 Å². The van der Waals surface area contributed by atoms with E-state index >= 15 is 0 Å². The van der Waals surface area contributed by atoms with Gasteiger partial charge in [-0.15, -0.1) is 11.3 Å². The molecule has 0 bridgehead atoms. The van der Waals surface area contributed by atoms with Crippen LogP contribution in [0.2, 0.25) is 0 Å². The van der Waals surface area contributed by atoms with E-state index in [2.05, 4.69) is 67.6 Å². The second-order valence-corrected chi connectivity index (χ2v) is 8.40. The lowest BCUT2D eigenvalue weighted by Crippen LogP contribution is -2.40. The highest BCUT2D eigenvalue weighted by Crippen LogP contribution is 2.29. The van der Waals surface area contributed by atoms with Crippen LogP contribution in [0.3, 0.4) is 0 Å². The number of imidazole rings is 1. The van der Waals surface area contributed by atoms with Gasteiger partial charge in [0, 0.05) is 55.1 Å². The average molecular weight is 434 g/mol. The summed E-state index contributed by atoms with van der Waals surface area (Å²) in [7, 11) is 1.73. The maximum Gasteiger partial charge on any atom is 0.191 e. The standard InChI is InChI=1S/C24H27N5OS/c1-25-24(28-16-20(30)22-15-19-9-5-6-10-21(19)31-22)27-12-11-23-26-13-14-29(23)17-18-7-3-2-4-8-18/h2-10,13-15,20,30H,11-12,16-17H2,1H3,(H2,25,27,28). The van der Waals surface area contributed by atoms with Crippen molar-refractivity contribution in [1.82, 2.24) is 20.2 Å². The van der Waals surface area contributed by atoms with E-state index in [4.69, 9.17) is 0 Å². The minimum absolute atomic E-state index is 0.398. The molecule has 2 aromatic carbocycles. The third-order valence-electron chi connectivity index (χ3n) is 5.10. The highest BCUT2D eigenvalue weighted by Gasteiger charge is 2.12. The quantitative estimate of drug-likeness (QED) is 0.293. The molecular formula is C24H27N5OS. The van der Waals surface area contributed by atoms with E-state index in [0.717, 1.165) is 29.1 Å². The summed E-state index contributed by atoms with van der Waals surface area (Å²) in [6, 6.07) is 20.6. The maximum atomic E-state index is 10.6. The van der Waals surface area contributed by atoms with Crippen LogP contribution in [0.4, 0.5) is 0 Å². The largest absolute Gasteiger partial charge is 0.386 e. The lowest BCUT2D eigenvalue weighted by atomic mass is 10.2. The summed E-state index contributed by atoms with van der Waals surface area (Å²) in [4.78, 5) is 9.71. The molecule has 0 aliphatic heterocycles. The molecule has 6 nitrogen and oxygen atoms in total. The molecule has 4 rings (SSSR count). The van der Waals surface area contributed by atoms with E-state index in [9.17, 15) is 5.11 Å². The van der Waals surface area contributed by atoms with Crippen molar-refractivity contribution in [1.29, 1.82) is 0 Å². The Labute approximate surface area is 186 Å². The zero-order valence-corrected chi connectivity index (χ0v) is 18.3. The van der Waals surface area contributed by atoms with Crippen LogP contribution >= 0.6 is 11.3 Å². The van der Waals surface area contributed by atoms with Crippen LogP contribution in [-0.4, -0.2) is 40.8 Å². The molecule has 31 heavy (non-hydrogen) atoms. The molecule has 0 aliphatic carbocycles. The Kier molecular flexibility index (Phi) is 6.96. The number of thiophene rings is 1. The van der Waals surface area contributed by atoms with Crippen LogP contribution in [0.1, 0.15) is 22.4 Å². The zero-order chi connectivity index (χ0) is 21.5. The van der Waals surface area contributed by atoms with Gasteiger partial charge in [0.25, 0.3) is 0 Å². The number of aliphatic imine (C=N–C) groups is 1. The van der Waals surface area contributed by atoms with Gasteiger partial charge in [-0.05, 0) is 23.1 Å². The molecule has 1 atom stereocenters. The number of aliphatic hydroxyl groups is 1. The van der Waals surface area contributed by atoms with Crippen molar-refractivity contribution in [2.24, 2.45) is 4.99 Å². The average Bonchev–Trinajstić information content (AvgIpc) is 3.43. The molecular weight excluding hydrogens is 406 g/mol. The molecule has 7 heteroatoms. The first-order valence-corrected chi connectivity index (χ1v) is 11.2. The second kappa shape index (κ2) is 10.2. The van der Waals surface area contributed by atoms with Gasteiger partial charge in [0.2, 0.25) is 0 Å². The number of nitrogens with zero attached hydrogens (tertiary/aromatic N) is 3. The Morgan fingerprint density at radius 2 is 1.94 bits per heavy atom. The van der Waals surface area contributed by atoms with E-state index in [1.165, 1.54) is 10.3 Å². The Bertz CT molecular complexity index is 1100. The van der Waals surface area contributed by atoms with Crippen LogP contribution in [-0.2, 0) is 13.0 Å². The summed E-state index contributed by atoms with van der Waals surface area (Å²) < 4.78 is 3.35. The molecule has 0 spiro atoms. The number of benzene rings is 2. The van der Waals surface area contributed by atoms with Crippen LogP contribution in [0.5, 0.6) is 0 Å². The molecule has 2 heterocycles. The highest BCUT2D eigenvalue weighted by atomic mass is 32.1. The summed E-state index contributed by atoms with van der Waals surface area (Å²) in [6.07, 6.45) is 4.05. The van der Waals surface area contributed by atoms with Crippen molar-refractivity contribution in [3.63, 3.8) is 0 Å². The molecule has 2 aromatic heterocycles. The number of guanidine groups is 1. The van der Waals surface area contributed by atoms with E-state index in [1.54, 1.807) is 18.4 Å². The molecule has 0 amide bonds. The number of fused-ring (bicyclic) bond motifs is 1. The molecule has 1 unspecified atom stereocenters. The van der Waals surface area contributed by atoms with Gasteiger partial charge in [0.05, 0.1) is 0 Å². The molecule has 0 fully saturated rings. The Hall–Kier alpha value is -3.16. The van der Waals surface area contributed by atoms with Gasteiger partial charge in [0.15, 0.2) is 5.96 Å². The summed E-state index contributed by atoms with van der Waals surface area (Å²) >= 11 is 1.62. The SMILES string of the molecule is CN=C(NCCc1nccn1Cc1ccccc1)NCC(O)c1cc2ccccc2s1. The van der Waals surface area contributed by atoms with Crippen LogP contribution in [0, 0.1) is 0 Å². The minimum Gasteiger partial charge on any atom is -0.386 e. The molecule has 4 aromatic rings. The first kappa shape index (κ1) is 21.1. The van der Waals surface area contributed by atoms with Crippen LogP contribution < -0.4 is 10.6 Å². The third-order valence-corrected chi connectivity index (χ3v) is 6.32. The molecule has 0 saturated carbocycles. The third kappa shape index (κ3) is 5.51. The fourth-order valence-corrected chi connectivity index (χ4v) is 4.52. The zero-order valence-electron chi connectivity index (χ0n) is 17.5. The van der Waals surface area contributed by atoms with E-state index in [-0.39, 0.29) is 0 Å². The number of aliphatic hydroxyl groups excluding tert-OH is 1.